The van der Waals surface area contributed by atoms with Crippen molar-refractivity contribution < 1.29 is 19.3 Å². The highest BCUT2D eigenvalue weighted by Gasteiger charge is 2.61. The first-order chi connectivity index (χ1) is 15.8. The third-order valence-corrected chi connectivity index (χ3v) is 7.08. The van der Waals surface area contributed by atoms with E-state index in [9.17, 15) is 14.6 Å². The Kier molecular flexibility index (Phi) is 4.35. The maximum atomic E-state index is 13.7. The second-order valence-corrected chi connectivity index (χ2v) is 8.99. The highest BCUT2D eigenvalue weighted by atomic mass is 19.1. The first-order valence-electron chi connectivity index (χ1n) is 10.8. The Morgan fingerprint density at radius 2 is 2.03 bits per heavy atom. The molecule has 2 aliphatic rings. The Bertz CT molecular complexity index is 1390. The van der Waals surface area contributed by atoms with Crippen LogP contribution in [0.2, 0.25) is 0 Å². The molecule has 0 amide bonds. The molecule has 6 rings (SSSR count). The lowest BCUT2D eigenvalue weighted by atomic mass is 9.90. The van der Waals surface area contributed by atoms with Gasteiger partial charge in [-0.3, -0.25) is 0 Å². The number of ether oxygens (including phenoxy) is 1. The van der Waals surface area contributed by atoms with Gasteiger partial charge >= 0.3 is 0 Å². The number of aliphatic hydroxyl groups is 2. The molecule has 170 valence electrons. The van der Waals surface area contributed by atoms with Crippen LogP contribution in [-0.4, -0.2) is 47.5 Å². The van der Waals surface area contributed by atoms with Gasteiger partial charge in [0.2, 0.25) is 0 Å². The van der Waals surface area contributed by atoms with E-state index >= 15 is 0 Å². The number of fused-ring (bicyclic) bond motifs is 3. The predicted octanol–water partition coefficient (Wildman–Crippen LogP) is 1.93. The van der Waals surface area contributed by atoms with Crippen molar-refractivity contribution in [2.75, 3.05) is 11.5 Å². The fourth-order valence-corrected chi connectivity index (χ4v) is 5.39. The molecule has 1 saturated carbocycles. The van der Waals surface area contributed by atoms with Crippen molar-refractivity contribution in [3.8, 4) is 0 Å². The molecule has 2 fully saturated rings. The molecule has 9 nitrogen and oxygen atoms in total. The Labute approximate surface area is 187 Å². The largest absolute Gasteiger partial charge is 0.385 e. The lowest BCUT2D eigenvalue weighted by Gasteiger charge is -2.26. The molecule has 33 heavy (non-hydrogen) atoms. The molecule has 6 N–H and O–H groups in total. The van der Waals surface area contributed by atoms with E-state index in [1.165, 1.54) is 12.4 Å². The lowest BCUT2D eigenvalue weighted by molar-refractivity contribution is -0.0675. The fourth-order valence-electron chi connectivity index (χ4n) is 5.39. The summed E-state index contributed by atoms with van der Waals surface area (Å²) >= 11 is 0. The minimum atomic E-state index is -1.37. The van der Waals surface area contributed by atoms with Gasteiger partial charge in [-0.1, -0.05) is 12.1 Å². The van der Waals surface area contributed by atoms with Crippen LogP contribution in [0.5, 0.6) is 0 Å². The van der Waals surface area contributed by atoms with Crippen molar-refractivity contribution in [1.29, 1.82) is 0 Å². The van der Waals surface area contributed by atoms with E-state index in [1.54, 1.807) is 16.8 Å². The number of hydrogen-bond acceptors (Lipinski definition) is 8. The van der Waals surface area contributed by atoms with E-state index < -0.39 is 29.9 Å². The first kappa shape index (κ1) is 20.3. The van der Waals surface area contributed by atoms with Crippen LogP contribution >= 0.6 is 0 Å². The van der Waals surface area contributed by atoms with Gasteiger partial charge in [0, 0.05) is 11.6 Å². The molecule has 0 bridgehead atoms. The summed E-state index contributed by atoms with van der Waals surface area (Å²) in [6, 6.07) is 8.75. The zero-order valence-corrected chi connectivity index (χ0v) is 17.6. The molecule has 0 radical (unpaired) electrons. The minimum absolute atomic E-state index is 0.0218. The van der Waals surface area contributed by atoms with Crippen molar-refractivity contribution in [3.63, 3.8) is 0 Å². The highest BCUT2D eigenvalue weighted by molar-refractivity contribution is 5.86. The third kappa shape index (κ3) is 2.98. The summed E-state index contributed by atoms with van der Waals surface area (Å²) in [7, 11) is 0. The van der Waals surface area contributed by atoms with Gasteiger partial charge in [-0.05, 0) is 48.9 Å². The number of anilines is 2. The van der Waals surface area contributed by atoms with Crippen LogP contribution in [0.25, 0.3) is 21.9 Å². The fraction of sp³-hybridized carbons (Fsp3) is 0.348. The number of nitrogens with zero attached hydrogens (tertiary/aromatic N) is 4. The highest BCUT2D eigenvalue weighted by Crippen LogP contribution is 2.50. The maximum absolute atomic E-state index is 13.7. The van der Waals surface area contributed by atoms with Gasteiger partial charge in [0.1, 0.15) is 29.5 Å². The number of hydrogen-bond donors (Lipinski definition) is 4. The summed E-state index contributed by atoms with van der Waals surface area (Å²) in [4.78, 5) is 12.4. The van der Waals surface area contributed by atoms with E-state index in [0.717, 1.165) is 5.56 Å². The maximum Gasteiger partial charge on any atom is 0.165 e. The number of aliphatic hydroxyl groups excluding tert-OH is 1. The van der Waals surface area contributed by atoms with Gasteiger partial charge < -0.3 is 31.0 Å². The van der Waals surface area contributed by atoms with Gasteiger partial charge in [-0.25, -0.2) is 19.3 Å². The van der Waals surface area contributed by atoms with Crippen LogP contribution in [0.1, 0.15) is 24.6 Å². The quantitative estimate of drug-likeness (QED) is 0.370. The normalized spacial score (nSPS) is 29.2. The van der Waals surface area contributed by atoms with E-state index in [0.29, 0.717) is 47.0 Å². The molecule has 1 unspecified atom stereocenters. The number of pyridine rings is 1. The van der Waals surface area contributed by atoms with Crippen molar-refractivity contribution in [1.82, 2.24) is 19.5 Å². The molecule has 5 atom stereocenters. The van der Waals surface area contributed by atoms with Gasteiger partial charge in [-0.15, -0.1) is 0 Å². The van der Waals surface area contributed by atoms with Crippen LogP contribution in [0.15, 0.2) is 42.9 Å². The van der Waals surface area contributed by atoms with E-state index in [-0.39, 0.29) is 11.7 Å². The monoisotopic (exact) mass is 450 g/mol. The number of benzene rings is 1. The van der Waals surface area contributed by atoms with Gasteiger partial charge in [0.15, 0.2) is 17.9 Å². The standard InChI is InChI=1S/C23H23FN6O3/c24-15-9-12-2-1-11(8-16(12)29-20(15)26)7-13-3-5-23(32)17(31)22(33-18(13)23)30-6-4-14-19(25)27-10-28-21(14)30/h1-2,4,6,8-10,13,17-18,22,31-32H,3,5,7H2,(H2,26,29)(H2,25,27,28)/t13-,17?,18+,22+,23-/m0/s1. The second-order valence-electron chi connectivity index (χ2n) is 8.99. The average Bonchev–Trinajstić information content (AvgIpc) is 3.42. The van der Waals surface area contributed by atoms with Crippen molar-refractivity contribution >= 4 is 33.6 Å². The summed E-state index contributed by atoms with van der Waals surface area (Å²) in [6.45, 7) is 0. The molecule has 1 aromatic carbocycles. The van der Waals surface area contributed by atoms with Gasteiger partial charge in [0.05, 0.1) is 17.0 Å². The molecule has 1 aliphatic carbocycles. The number of nitrogen functional groups attached to an aromatic ring is 2. The number of rotatable bonds is 3. The summed E-state index contributed by atoms with van der Waals surface area (Å²) in [5.74, 6) is -0.358. The van der Waals surface area contributed by atoms with Crippen LogP contribution in [-0.2, 0) is 11.2 Å². The molecule has 10 heteroatoms. The van der Waals surface area contributed by atoms with Crippen molar-refractivity contribution in [2.24, 2.45) is 5.92 Å². The number of halogens is 1. The van der Waals surface area contributed by atoms with Crippen molar-refractivity contribution in [3.05, 3.63) is 54.2 Å². The topological polar surface area (TPSA) is 145 Å². The molecule has 4 aromatic rings. The molecule has 0 spiro atoms. The predicted molar refractivity (Wildman–Crippen MR) is 119 cm³/mol. The zero-order chi connectivity index (χ0) is 22.9. The molecule has 1 aliphatic heterocycles. The Balaban J connectivity index is 1.29. The second kappa shape index (κ2) is 7.08. The number of nitrogens with two attached hydrogens (primary N) is 2. The van der Waals surface area contributed by atoms with E-state index in [2.05, 4.69) is 15.0 Å². The molecule has 4 heterocycles. The first-order valence-corrected chi connectivity index (χ1v) is 10.8. The van der Waals surface area contributed by atoms with Crippen LogP contribution in [0.4, 0.5) is 16.0 Å². The summed E-state index contributed by atoms with van der Waals surface area (Å²) in [5, 5.41) is 23.8. The molecule has 3 aromatic heterocycles. The molecular weight excluding hydrogens is 427 g/mol. The summed E-state index contributed by atoms with van der Waals surface area (Å²) < 4.78 is 21.7. The van der Waals surface area contributed by atoms with Crippen molar-refractivity contribution in [2.45, 2.75) is 43.3 Å². The van der Waals surface area contributed by atoms with E-state index in [4.69, 9.17) is 16.2 Å². The minimum Gasteiger partial charge on any atom is -0.385 e. The summed E-state index contributed by atoms with van der Waals surface area (Å²) in [6.07, 6.45) is 2.35. The molecule has 1 saturated heterocycles. The number of aromatic nitrogens is 4. The van der Waals surface area contributed by atoms with Crippen LogP contribution < -0.4 is 11.5 Å². The summed E-state index contributed by atoms with van der Waals surface area (Å²) in [5.41, 5.74) is 12.3. The van der Waals surface area contributed by atoms with Gasteiger partial charge in [-0.2, -0.15) is 0 Å². The third-order valence-electron chi connectivity index (χ3n) is 7.08. The Morgan fingerprint density at radius 1 is 1.18 bits per heavy atom. The van der Waals surface area contributed by atoms with Crippen LogP contribution in [0, 0.1) is 11.7 Å². The lowest BCUT2D eigenvalue weighted by Crippen LogP contribution is -2.45. The van der Waals surface area contributed by atoms with Gasteiger partial charge in [0.25, 0.3) is 0 Å². The smallest absolute Gasteiger partial charge is 0.165 e. The Morgan fingerprint density at radius 3 is 2.88 bits per heavy atom. The Hall–Kier alpha value is -3.34. The molecular formula is C23H23FN6O3. The average molecular weight is 450 g/mol. The van der Waals surface area contributed by atoms with E-state index in [1.807, 2.05) is 18.2 Å². The zero-order valence-electron chi connectivity index (χ0n) is 17.6. The van der Waals surface area contributed by atoms with Crippen LogP contribution in [0.3, 0.4) is 0 Å². The SMILES string of the molecule is Nc1nc2cc(C[C@@H]3CC[C@]4(O)C(O)[C@H](n5ccc6c(N)ncnc65)O[C@H]34)ccc2cc1F.